The summed E-state index contributed by atoms with van der Waals surface area (Å²) in [7, 11) is 0. The largest absolute Gasteiger partial charge is 0.481 e. The molecule has 0 aromatic heterocycles. The number of hydrogen-bond donors (Lipinski definition) is 2. The van der Waals surface area contributed by atoms with Gasteiger partial charge in [-0.2, -0.15) is 0 Å². The van der Waals surface area contributed by atoms with Crippen LogP contribution < -0.4 is 5.32 Å². The SMILES string of the molecule is O=C(CN1CCC(C(=O)O)CC1)NCC1CC1. The molecule has 5 nitrogen and oxygen atoms in total. The van der Waals surface area contributed by atoms with Crippen LogP contribution in [0.3, 0.4) is 0 Å². The lowest BCUT2D eigenvalue weighted by Gasteiger charge is -2.29. The molecule has 1 heterocycles. The van der Waals surface area contributed by atoms with Crippen molar-refractivity contribution in [2.24, 2.45) is 11.8 Å². The Morgan fingerprint density at radius 2 is 1.82 bits per heavy atom. The average Bonchev–Trinajstić information content (AvgIpc) is 3.11. The Morgan fingerprint density at radius 1 is 1.18 bits per heavy atom. The van der Waals surface area contributed by atoms with Gasteiger partial charge in [0.2, 0.25) is 5.91 Å². The Kier molecular flexibility index (Phi) is 3.99. The van der Waals surface area contributed by atoms with Gasteiger partial charge in [-0.25, -0.2) is 0 Å². The highest BCUT2D eigenvalue weighted by Gasteiger charge is 2.26. The molecule has 1 amide bonds. The fraction of sp³-hybridized carbons (Fsp3) is 0.833. The van der Waals surface area contributed by atoms with E-state index in [0.717, 1.165) is 6.54 Å². The summed E-state index contributed by atoms with van der Waals surface area (Å²) in [5, 5.41) is 11.8. The molecule has 0 spiro atoms. The van der Waals surface area contributed by atoms with Crippen molar-refractivity contribution in [3.8, 4) is 0 Å². The lowest BCUT2D eigenvalue weighted by molar-refractivity contribution is -0.143. The molecule has 2 rings (SSSR count). The molecule has 1 saturated carbocycles. The smallest absolute Gasteiger partial charge is 0.306 e. The molecule has 0 atom stereocenters. The van der Waals surface area contributed by atoms with Gasteiger partial charge in [-0.1, -0.05) is 0 Å². The van der Waals surface area contributed by atoms with Crippen molar-refractivity contribution in [3.05, 3.63) is 0 Å². The molecule has 0 unspecified atom stereocenters. The third-order valence-electron chi connectivity index (χ3n) is 3.59. The van der Waals surface area contributed by atoms with Gasteiger partial charge in [0, 0.05) is 6.54 Å². The summed E-state index contributed by atoms with van der Waals surface area (Å²) in [5.41, 5.74) is 0. The van der Waals surface area contributed by atoms with Crippen LogP contribution in [-0.4, -0.2) is 48.1 Å². The number of carbonyl (C=O) groups is 2. The van der Waals surface area contributed by atoms with E-state index in [1.165, 1.54) is 12.8 Å². The highest BCUT2D eigenvalue weighted by molar-refractivity contribution is 5.78. The van der Waals surface area contributed by atoms with Crippen molar-refractivity contribution in [2.45, 2.75) is 25.7 Å². The second kappa shape index (κ2) is 5.49. The van der Waals surface area contributed by atoms with Crippen molar-refractivity contribution in [3.63, 3.8) is 0 Å². The second-order valence-electron chi connectivity index (χ2n) is 5.14. The average molecular weight is 240 g/mol. The standard InChI is InChI=1S/C12H20N2O3/c15-11(13-7-9-1-2-9)8-14-5-3-10(4-6-14)12(16)17/h9-10H,1-8H2,(H,13,15)(H,16,17). The highest BCUT2D eigenvalue weighted by Crippen LogP contribution is 2.27. The number of rotatable bonds is 5. The summed E-state index contributed by atoms with van der Waals surface area (Å²) in [6.07, 6.45) is 3.80. The van der Waals surface area contributed by atoms with Crippen molar-refractivity contribution >= 4 is 11.9 Å². The van der Waals surface area contributed by atoms with E-state index in [0.29, 0.717) is 38.4 Å². The van der Waals surface area contributed by atoms with E-state index < -0.39 is 5.97 Å². The van der Waals surface area contributed by atoms with Gasteiger partial charge in [0.1, 0.15) is 0 Å². The van der Waals surface area contributed by atoms with E-state index in [2.05, 4.69) is 5.32 Å². The number of nitrogens with zero attached hydrogens (tertiary/aromatic N) is 1. The summed E-state index contributed by atoms with van der Waals surface area (Å²) >= 11 is 0. The van der Waals surface area contributed by atoms with Crippen LogP contribution in [0.25, 0.3) is 0 Å². The van der Waals surface area contributed by atoms with E-state index >= 15 is 0 Å². The molecule has 1 aliphatic carbocycles. The maximum absolute atomic E-state index is 11.6. The molecular formula is C12H20N2O3. The summed E-state index contributed by atoms with van der Waals surface area (Å²) in [5.74, 6) is -0.147. The van der Waals surface area contributed by atoms with Crippen molar-refractivity contribution in [1.82, 2.24) is 10.2 Å². The number of hydrogen-bond acceptors (Lipinski definition) is 3. The quantitative estimate of drug-likeness (QED) is 0.725. The molecule has 2 N–H and O–H groups in total. The monoisotopic (exact) mass is 240 g/mol. The first-order valence-electron chi connectivity index (χ1n) is 6.37. The molecule has 1 aliphatic heterocycles. The minimum Gasteiger partial charge on any atom is -0.481 e. The van der Waals surface area contributed by atoms with Crippen LogP contribution in [-0.2, 0) is 9.59 Å². The molecule has 0 radical (unpaired) electrons. The van der Waals surface area contributed by atoms with E-state index in [-0.39, 0.29) is 11.8 Å². The summed E-state index contributed by atoms with van der Waals surface area (Å²) < 4.78 is 0. The number of carboxylic acids is 1. The third kappa shape index (κ3) is 4.00. The van der Waals surface area contributed by atoms with Gasteiger partial charge >= 0.3 is 5.97 Å². The topological polar surface area (TPSA) is 69.6 Å². The van der Waals surface area contributed by atoms with E-state index in [1.54, 1.807) is 0 Å². The van der Waals surface area contributed by atoms with Crippen LogP contribution in [0.15, 0.2) is 0 Å². The predicted octanol–water partition coefficient (Wildman–Crippen LogP) is 0.309. The Bertz CT molecular complexity index is 294. The number of nitrogens with one attached hydrogen (secondary N) is 1. The van der Waals surface area contributed by atoms with E-state index in [1.807, 2.05) is 4.90 Å². The van der Waals surface area contributed by atoms with Gasteiger partial charge in [0.25, 0.3) is 0 Å². The summed E-state index contributed by atoms with van der Waals surface area (Å²) in [6.45, 7) is 2.66. The molecule has 0 aromatic rings. The van der Waals surface area contributed by atoms with Crippen LogP contribution in [0, 0.1) is 11.8 Å². The molecule has 17 heavy (non-hydrogen) atoms. The second-order valence-corrected chi connectivity index (χ2v) is 5.14. The number of carbonyl (C=O) groups excluding carboxylic acids is 1. The predicted molar refractivity (Wildman–Crippen MR) is 62.5 cm³/mol. The van der Waals surface area contributed by atoms with Gasteiger partial charge in [-0.05, 0) is 44.7 Å². The zero-order chi connectivity index (χ0) is 12.3. The summed E-state index contributed by atoms with van der Waals surface area (Å²) in [4.78, 5) is 24.4. The zero-order valence-electron chi connectivity index (χ0n) is 10.0. The lowest BCUT2D eigenvalue weighted by Crippen LogP contribution is -2.43. The maximum Gasteiger partial charge on any atom is 0.306 e. The number of piperidine rings is 1. The van der Waals surface area contributed by atoms with Crippen LogP contribution in [0.1, 0.15) is 25.7 Å². The Balaban J connectivity index is 1.62. The highest BCUT2D eigenvalue weighted by atomic mass is 16.4. The van der Waals surface area contributed by atoms with E-state index in [4.69, 9.17) is 5.11 Å². The van der Waals surface area contributed by atoms with E-state index in [9.17, 15) is 9.59 Å². The van der Waals surface area contributed by atoms with Gasteiger partial charge in [-0.15, -0.1) is 0 Å². The number of amides is 1. The fourth-order valence-corrected chi connectivity index (χ4v) is 2.18. The van der Waals surface area contributed by atoms with Crippen LogP contribution in [0.4, 0.5) is 0 Å². The van der Waals surface area contributed by atoms with Crippen LogP contribution >= 0.6 is 0 Å². The van der Waals surface area contributed by atoms with Crippen molar-refractivity contribution in [1.29, 1.82) is 0 Å². The number of aliphatic carboxylic acids is 1. The Morgan fingerprint density at radius 3 is 2.35 bits per heavy atom. The molecule has 0 aromatic carbocycles. The molecule has 5 heteroatoms. The third-order valence-corrected chi connectivity index (χ3v) is 3.59. The van der Waals surface area contributed by atoms with Gasteiger partial charge in [0.05, 0.1) is 12.5 Å². The Labute approximate surface area is 101 Å². The molecule has 0 bridgehead atoms. The normalized spacial score (nSPS) is 22.4. The minimum atomic E-state index is -0.706. The molecule has 96 valence electrons. The van der Waals surface area contributed by atoms with Gasteiger partial charge in [0.15, 0.2) is 0 Å². The van der Waals surface area contributed by atoms with Crippen molar-refractivity contribution < 1.29 is 14.7 Å². The fourth-order valence-electron chi connectivity index (χ4n) is 2.18. The van der Waals surface area contributed by atoms with Crippen molar-refractivity contribution in [2.75, 3.05) is 26.2 Å². The molecule has 1 saturated heterocycles. The van der Waals surface area contributed by atoms with Gasteiger partial charge in [-0.3, -0.25) is 14.5 Å². The Hall–Kier alpha value is -1.10. The zero-order valence-corrected chi connectivity index (χ0v) is 10.0. The number of carboxylic acid groups (broad SMARTS) is 1. The van der Waals surface area contributed by atoms with Gasteiger partial charge < -0.3 is 10.4 Å². The molecule has 2 aliphatic rings. The number of likely N-dealkylation sites (tertiary alicyclic amines) is 1. The summed E-state index contributed by atoms with van der Waals surface area (Å²) in [6, 6.07) is 0. The molecular weight excluding hydrogens is 220 g/mol. The molecule has 2 fully saturated rings. The first-order chi connectivity index (χ1) is 8.15. The van der Waals surface area contributed by atoms with Crippen LogP contribution in [0.5, 0.6) is 0 Å². The minimum absolute atomic E-state index is 0.0747. The lowest BCUT2D eigenvalue weighted by atomic mass is 9.97. The first kappa shape index (κ1) is 12.4. The maximum atomic E-state index is 11.6. The van der Waals surface area contributed by atoms with Crippen LogP contribution in [0.2, 0.25) is 0 Å². The first-order valence-corrected chi connectivity index (χ1v) is 6.37.